The third-order valence-corrected chi connectivity index (χ3v) is 3.10. The Morgan fingerprint density at radius 1 is 1.47 bits per heavy atom. The van der Waals surface area contributed by atoms with Gasteiger partial charge >= 0.3 is 0 Å². The highest BCUT2D eigenvalue weighted by atomic mass is 16.1. The van der Waals surface area contributed by atoms with E-state index in [0.717, 1.165) is 29.8 Å². The molecule has 1 unspecified atom stereocenters. The Kier molecular flexibility index (Phi) is 3.13. The van der Waals surface area contributed by atoms with Crippen LogP contribution in [0.2, 0.25) is 0 Å². The van der Waals surface area contributed by atoms with E-state index in [9.17, 15) is 4.79 Å². The Hall–Kier alpha value is -1.84. The van der Waals surface area contributed by atoms with E-state index < -0.39 is 0 Å². The lowest BCUT2D eigenvalue weighted by atomic mass is 10.2. The fourth-order valence-electron chi connectivity index (χ4n) is 2.36. The van der Waals surface area contributed by atoms with Crippen LogP contribution in [-0.4, -0.2) is 20.6 Å². The molecule has 0 saturated carbocycles. The monoisotopic (exact) mass is 231 g/mol. The largest absolute Gasteiger partial charge is 0.344 e. The SMILES string of the molecule is Cc1cc(C=O)c(C)n1C(C)Cn1cccn1. The minimum absolute atomic E-state index is 0.281. The zero-order valence-corrected chi connectivity index (χ0v) is 10.4. The van der Waals surface area contributed by atoms with Crippen LogP contribution in [0.15, 0.2) is 24.5 Å². The summed E-state index contributed by atoms with van der Waals surface area (Å²) < 4.78 is 4.09. The van der Waals surface area contributed by atoms with Crippen molar-refractivity contribution in [1.82, 2.24) is 14.3 Å². The average Bonchev–Trinajstić information content (AvgIpc) is 2.87. The highest BCUT2D eigenvalue weighted by Gasteiger charge is 2.14. The smallest absolute Gasteiger partial charge is 0.151 e. The lowest BCUT2D eigenvalue weighted by Crippen LogP contribution is -2.15. The molecule has 2 aromatic rings. The number of carbonyl (C=O) groups excluding carboxylic acids is 1. The standard InChI is InChI=1S/C13H17N3O/c1-10-7-13(9-17)12(3)16(10)11(2)8-15-6-4-5-14-15/h4-7,9,11H,8H2,1-3H3. The Labute approximate surface area is 101 Å². The highest BCUT2D eigenvalue weighted by Crippen LogP contribution is 2.20. The van der Waals surface area contributed by atoms with Crippen molar-refractivity contribution >= 4 is 6.29 Å². The van der Waals surface area contributed by atoms with Crippen molar-refractivity contribution in [2.75, 3.05) is 0 Å². The van der Waals surface area contributed by atoms with Gasteiger partial charge in [-0.1, -0.05) is 0 Å². The molecule has 4 heteroatoms. The van der Waals surface area contributed by atoms with E-state index in [4.69, 9.17) is 0 Å². The van der Waals surface area contributed by atoms with Gasteiger partial charge in [0.2, 0.25) is 0 Å². The van der Waals surface area contributed by atoms with Gasteiger partial charge in [0.15, 0.2) is 6.29 Å². The van der Waals surface area contributed by atoms with Crippen LogP contribution in [-0.2, 0) is 6.54 Å². The number of aryl methyl sites for hydroxylation is 1. The van der Waals surface area contributed by atoms with Crippen molar-refractivity contribution < 1.29 is 4.79 Å². The van der Waals surface area contributed by atoms with Crippen molar-refractivity contribution in [3.63, 3.8) is 0 Å². The molecule has 0 aliphatic heterocycles. The second kappa shape index (κ2) is 4.57. The van der Waals surface area contributed by atoms with Crippen LogP contribution in [0.1, 0.15) is 34.7 Å². The van der Waals surface area contributed by atoms with Crippen LogP contribution in [0, 0.1) is 13.8 Å². The molecule has 17 heavy (non-hydrogen) atoms. The fourth-order valence-corrected chi connectivity index (χ4v) is 2.36. The molecule has 1 atom stereocenters. The van der Waals surface area contributed by atoms with Crippen molar-refractivity contribution in [3.05, 3.63) is 41.5 Å². The summed E-state index contributed by atoms with van der Waals surface area (Å²) in [6, 6.07) is 4.13. The number of carbonyl (C=O) groups is 1. The zero-order chi connectivity index (χ0) is 12.4. The summed E-state index contributed by atoms with van der Waals surface area (Å²) >= 11 is 0. The Morgan fingerprint density at radius 3 is 2.76 bits per heavy atom. The summed E-state index contributed by atoms with van der Waals surface area (Å²) in [6.45, 7) is 6.95. The summed E-state index contributed by atoms with van der Waals surface area (Å²) in [7, 11) is 0. The lowest BCUT2D eigenvalue weighted by Gasteiger charge is -2.18. The number of rotatable bonds is 4. The summed E-state index contributed by atoms with van der Waals surface area (Å²) in [5.41, 5.74) is 2.91. The third kappa shape index (κ3) is 2.16. The van der Waals surface area contributed by atoms with Gasteiger partial charge in [-0.15, -0.1) is 0 Å². The molecular formula is C13H17N3O. The molecule has 0 radical (unpaired) electrons. The molecule has 90 valence electrons. The van der Waals surface area contributed by atoms with E-state index in [1.807, 2.05) is 36.9 Å². The van der Waals surface area contributed by atoms with Crippen molar-refractivity contribution in [2.24, 2.45) is 0 Å². The first-order chi connectivity index (χ1) is 8.13. The molecular weight excluding hydrogens is 214 g/mol. The van der Waals surface area contributed by atoms with Gasteiger partial charge in [0.25, 0.3) is 0 Å². The summed E-state index contributed by atoms with van der Waals surface area (Å²) in [4.78, 5) is 10.9. The van der Waals surface area contributed by atoms with Gasteiger partial charge in [0.05, 0.1) is 12.6 Å². The molecule has 0 aliphatic rings. The molecule has 0 spiro atoms. The predicted octanol–water partition coefficient (Wildman–Crippen LogP) is 2.38. The number of aldehydes is 1. The number of hydrogen-bond donors (Lipinski definition) is 0. The topological polar surface area (TPSA) is 39.8 Å². The van der Waals surface area contributed by atoms with Crippen molar-refractivity contribution in [3.8, 4) is 0 Å². The van der Waals surface area contributed by atoms with Crippen LogP contribution in [0.25, 0.3) is 0 Å². The Balaban J connectivity index is 2.27. The highest BCUT2D eigenvalue weighted by molar-refractivity contribution is 5.77. The maximum atomic E-state index is 10.9. The molecule has 2 heterocycles. The molecule has 0 saturated heterocycles. The second-order valence-electron chi connectivity index (χ2n) is 4.39. The maximum absolute atomic E-state index is 10.9. The molecule has 0 amide bonds. The van der Waals surface area contributed by atoms with Crippen LogP contribution in [0.5, 0.6) is 0 Å². The van der Waals surface area contributed by atoms with Crippen LogP contribution in [0.3, 0.4) is 0 Å². The maximum Gasteiger partial charge on any atom is 0.151 e. The molecule has 2 rings (SSSR count). The minimum atomic E-state index is 0.281. The summed E-state index contributed by atoms with van der Waals surface area (Å²) in [6.07, 6.45) is 4.64. The van der Waals surface area contributed by atoms with Crippen LogP contribution >= 0.6 is 0 Å². The first kappa shape index (κ1) is 11.6. The van der Waals surface area contributed by atoms with Gasteiger partial charge < -0.3 is 4.57 Å². The number of hydrogen-bond acceptors (Lipinski definition) is 2. The second-order valence-corrected chi connectivity index (χ2v) is 4.39. The summed E-state index contributed by atoms with van der Waals surface area (Å²) in [5, 5.41) is 4.20. The van der Waals surface area contributed by atoms with Gasteiger partial charge in [-0.3, -0.25) is 9.48 Å². The first-order valence-corrected chi connectivity index (χ1v) is 5.74. The Morgan fingerprint density at radius 2 is 2.24 bits per heavy atom. The number of aromatic nitrogens is 3. The van der Waals surface area contributed by atoms with Crippen molar-refractivity contribution in [1.29, 1.82) is 0 Å². The van der Waals surface area contributed by atoms with Crippen LogP contribution < -0.4 is 0 Å². The van der Waals surface area contributed by atoms with E-state index in [2.05, 4.69) is 16.6 Å². The quantitative estimate of drug-likeness (QED) is 0.758. The van der Waals surface area contributed by atoms with E-state index in [0.29, 0.717) is 0 Å². The first-order valence-electron chi connectivity index (χ1n) is 5.74. The molecule has 0 aliphatic carbocycles. The van der Waals surface area contributed by atoms with E-state index in [-0.39, 0.29) is 6.04 Å². The molecule has 4 nitrogen and oxygen atoms in total. The van der Waals surface area contributed by atoms with E-state index >= 15 is 0 Å². The molecule has 2 aromatic heterocycles. The van der Waals surface area contributed by atoms with Gasteiger partial charge in [0, 0.05) is 29.3 Å². The minimum Gasteiger partial charge on any atom is -0.344 e. The predicted molar refractivity (Wildman–Crippen MR) is 66.2 cm³/mol. The van der Waals surface area contributed by atoms with E-state index in [1.54, 1.807) is 6.20 Å². The molecule has 0 N–H and O–H groups in total. The zero-order valence-electron chi connectivity index (χ0n) is 10.4. The Bertz CT molecular complexity index is 511. The van der Waals surface area contributed by atoms with Gasteiger partial charge in [-0.25, -0.2) is 0 Å². The third-order valence-electron chi connectivity index (χ3n) is 3.10. The fraction of sp³-hybridized carbons (Fsp3) is 0.385. The van der Waals surface area contributed by atoms with Crippen LogP contribution in [0.4, 0.5) is 0 Å². The average molecular weight is 231 g/mol. The summed E-state index contributed by atoms with van der Waals surface area (Å²) in [5.74, 6) is 0. The molecule has 0 aromatic carbocycles. The van der Waals surface area contributed by atoms with Gasteiger partial charge in [-0.2, -0.15) is 5.10 Å². The molecule has 0 fully saturated rings. The normalized spacial score (nSPS) is 12.6. The van der Waals surface area contributed by atoms with Gasteiger partial charge in [-0.05, 0) is 32.9 Å². The molecule has 0 bridgehead atoms. The number of nitrogens with zero attached hydrogens (tertiary/aromatic N) is 3. The van der Waals surface area contributed by atoms with Crippen molar-refractivity contribution in [2.45, 2.75) is 33.4 Å². The van der Waals surface area contributed by atoms with E-state index in [1.165, 1.54) is 0 Å². The lowest BCUT2D eigenvalue weighted by molar-refractivity contribution is 0.112. The van der Waals surface area contributed by atoms with Gasteiger partial charge in [0.1, 0.15) is 0 Å².